The highest BCUT2D eigenvalue weighted by Crippen LogP contribution is 2.27. The summed E-state index contributed by atoms with van der Waals surface area (Å²) in [7, 11) is 0. The fraction of sp³-hybridized carbons (Fsp3) is 0.833. The summed E-state index contributed by atoms with van der Waals surface area (Å²) in [5, 5.41) is 0. The normalized spacial score (nSPS) is 29.8. The minimum Gasteiger partial charge on any atom is -0.393 e. The van der Waals surface area contributed by atoms with Gasteiger partial charge in [0.1, 0.15) is 0 Å². The Bertz CT molecular complexity index is 262. The van der Waals surface area contributed by atoms with Gasteiger partial charge in [0.15, 0.2) is 0 Å². The van der Waals surface area contributed by atoms with Gasteiger partial charge in [-0.25, -0.2) is 0 Å². The Morgan fingerprint density at radius 2 is 2.00 bits per heavy atom. The van der Waals surface area contributed by atoms with Crippen molar-refractivity contribution in [3.63, 3.8) is 0 Å². The molecule has 1 saturated heterocycles. The van der Waals surface area contributed by atoms with Crippen LogP contribution in [-0.4, -0.2) is 24.6 Å². The SMILES string of the molecule is CC(=O)OC(=O)CCC1CC(C)C(C)CO1. The lowest BCUT2D eigenvalue weighted by Gasteiger charge is -2.32. The molecule has 0 saturated carbocycles. The summed E-state index contributed by atoms with van der Waals surface area (Å²) in [6.45, 7) is 6.37. The van der Waals surface area contributed by atoms with Crippen LogP contribution in [0.2, 0.25) is 0 Å². The molecule has 1 rings (SSSR count). The van der Waals surface area contributed by atoms with Gasteiger partial charge < -0.3 is 9.47 Å². The molecule has 4 nitrogen and oxygen atoms in total. The van der Waals surface area contributed by atoms with Gasteiger partial charge in [-0.1, -0.05) is 13.8 Å². The second-order valence-electron chi connectivity index (χ2n) is 4.65. The molecule has 0 spiro atoms. The molecular weight excluding hydrogens is 208 g/mol. The Labute approximate surface area is 96.3 Å². The van der Waals surface area contributed by atoms with Crippen molar-refractivity contribution < 1.29 is 19.1 Å². The molecule has 0 bridgehead atoms. The third kappa shape index (κ3) is 4.31. The minimum absolute atomic E-state index is 0.130. The van der Waals surface area contributed by atoms with E-state index < -0.39 is 11.9 Å². The van der Waals surface area contributed by atoms with Crippen molar-refractivity contribution in [2.75, 3.05) is 6.61 Å². The van der Waals surface area contributed by atoms with E-state index in [1.54, 1.807) is 0 Å². The molecule has 3 atom stereocenters. The van der Waals surface area contributed by atoms with Crippen LogP contribution in [-0.2, 0) is 19.1 Å². The summed E-state index contributed by atoms with van der Waals surface area (Å²) in [5.41, 5.74) is 0. The smallest absolute Gasteiger partial charge is 0.313 e. The topological polar surface area (TPSA) is 52.6 Å². The molecule has 16 heavy (non-hydrogen) atoms. The zero-order chi connectivity index (χ0) is 12.1. The van der Waals surface area contributed by atoms with E-state index >= 15 is 0 Å². The quantitative estimate of drug-likeness (QED) is 0.547. The summed E-state index contributed by atoms with van der Waals surface area (Å²) in [6.07, 6.45) is 2.01. The third-order valence-corrected chi connectivity index (χ3v) is 3.13. The summed E-state index contributed by atoms with van der Waals surface area (Å²) >= 11 is 0. The van der Waals surface area contributed by atoms with Gasteiger partial charge >= 0.3 is 11.9 Å². The molecule has 0 aromatic carbocycles. The molecule has 0 N–H and O–H groups in total. The van der Waals surface area contributed by atoms with Crippen LogP contribution in [0.5, 0.6) is 0 Å². The van der Waals surface area contributed by atoms with E-state index in [1.807, 2.05) is 0 Å². The van der Waals surface area contributed by atoms with Crippen molar-refractivity contribution in [2.24, 2.45) is 11.8 Å². The number of hydrogen-bond acceptors (Lipinski definition) is 4. The second-order valence-corrected chi connectivity index (χ2v) is 4.65. The highest BCUT2D eigenvalue weighted by molar-refractivity contribution is 5.83. The van der Waals surface area contributed by atoms with Gasteiger partial charge in [0, 0.05) is 20.0 Å². The van der Waals surface area contributed by atoms with E-state index in [1.165, 1.54) is 6.92 Å². The van der Waals surface area contributed by atoms with E-state index in [4.69, 9.17) is 4.74 Å². The molecule has 0 aromatic heterocycles. The highest BCUT2D eigenvalue weighted by atomic mass is 16.6. The molecule has 1 aliphatic heterocycles. The van der Waals surface area contributed by atoms with Crippen LogP contribution in [0.1, 0.15) is 40.0 Å². The first-order valence-electron chi connectivity index (χ1n) is 5.82. The molecule has 0 radical (unpaired) electrons. The summed E-state index contributed by atoms with van der Waals surface area (Å²) in [6, 6.07) is 0. The lowest BCUT2D eigenvalue weighted by atomic mass is 9.87. The fourth-order valence-electron chi connectivity index (χ4n) is 1.86. The Morgan fingerprint density at radius 1 is 1.31 bits per heavy atom. The first-order chi connectivity index (χ1) is 7.49. The summed E-state index contributed by atoms with van der Waals surface area (Å²) in [4.78, 5) is 21.7. The predicted octanol–water partition coefficient (Wildman–Crippen LogP) is 1.92. The molecule has 4 heteroatoms. The number of esters is 2. The molecule has 0 aliphatic carbocycles. The van der Waals surface area contributed by atoms with E-state index in [0.717, 1.165) is 13.0 Å². The standard InChI is InChI=1S/C12H20O4/c1-8-6-11(15-7-9(8)2)4-5-12(14)16-10(3)13/h8-9,11H,4-7H2,1-3H3. The van der Waals surface area contributed by atoms with Crippen molar-refractivity contribution in [3.8, 4) is 0 Å². The first-order valence-corrected chi connectivity index (χ1v) is 5.82. The van der Waals surface area contributed by atoms with Crippen LogP contribution in [0.25, 0.3) is 0 Å². The van der Waals surface area contributed by atoms with Gasteiger partial charge in [-0.15, -0.1) is 0 Å². The summed E-state index contributed by atoms with van der Waals surface area (Å²) < 4.78 is 10.1. The van der Waals surface area contributed by atoms with E-state index in [2.05, 4.69) is 18.6 Å². The predicted molar refractivity (Wildman–Crippen MR) is 58.7 cm³/mol. The van der Waals surface area contributed by atoms with Crippen LogP contribution in [0.4, 0.5) is 0 Å². The number of carbonyl (C=O) groups excluding carboxylic acids is 2. The Morgan fingerprint density at radius 3 is 2.56 bits per heavy atom. The fourth-order valence-corrected chi connectivity index (χ4v) is 1.86. The zero-order valence-electron chi connectivity index (χ0n) is 10.2. The molecule has 0 aromatic rings. The average Bonchev–Trinajstić information content (AvgIpc) is 2.19. The van der Waals surface area contributed by atoms with Gasteiger partial charge in [0.25, 0.3) is 0 Å². The van der Waals surface area contributed by atoms with Gasteiger partial charge in [-0.2, -0.15) is 0 Å². The maximum atomic E-state index is 11.1. The van der Waals surface area contributed by atoms with Crippen LogP contribution in [0.3, 0.4) is 0 Å². The molecule has 1 aliphatic rings. The molecule has 3 unspecified atom stereocenters. The number of hydrogen-bond donors (Lipinski definition) is 0. The Hall–Kier alpha value is -0.900. The largest absolute Gasteiger partial charge is 0.393 e. The molecule has 1 fully saturated rings. The zero-order valence-corrected chi connectivity index (χ0v) is 10.2. The van der Waals surface area contributed by atoms with Crippen molar-refractivity contribution in [1.82, 2.24) is 0 Å². The van der Waals surface area contributed by atoms with Crippen molar-refractivity contribution in [2.45, 2.75) is 46.1 Å². The molecule has 0 amide bonds. The van der Waals surface area contributed by atoms with E-state index in [9.17, 15) is 9.59 Å². The lowest BCUT2D eigenvalue weighted by molar-refractivity contribution is -0.158. The van der Waals surface area contributed by atoms with Crippen LogP contribution in [0, 0.1) is 11.8 Å². The maximum Gasteiger partial charge on any atom is 0.313 e. The lowest BCUT2D eigenvalue weighted by Crippen LogP contribution is -2.31. The van der Waals surface area contributed by atoms with Crippen LogP contribution < -0.4 is 0 Å². The second kappa shape index (κ2) is 5.99. The molecular formula is C12H20O4. The Kier molecular flexibility index (Phi) is 4.93. The first kappa shape index (κ1) is 13.2. The van der Waals surface area contributed by atoms with Gasteiger partial charge in [0.05, 0.1) is 6.10 Å². The van der Waals surface area contributed by atoms with Crippen molar-refractivity contribution in [1.29, 1.82) is 0 Å². The number of ether oxygens (including phenoxy) is 2. The van der Waals surface area contributed by atoms with Gasteiger partial charge in [-0.05, 0) is 24.7 Å². The highest BCUT2D eigenvalue weighted by Gasteiger charge is 2.25. The number of carbonyl (C=O) groups is 2. The Balaban J connectivity index is 2.23. The third-order valence-electron chi connectivity index (χ3n) is 3.13. The molecule has 92 valence electrons. The van der Waals surface area contributed by atoms with Gasteiger partial charge in [0.2, 0.25) is 0 Å². The average molecular weight is 228 g/mol. The minimum atomic E-state index is -0.545. The van der Waals surface area contributed by atoms with E-state index in [0.29, 0.717) is 18.3 Å². The number of rotatable bonds is 3. The summed E-state index contributed by atoms with van der Waals surface area (Å²) in [5.74, 6) is 0.210. The van der Waals surface area contributed by atoms with Crippen molar-refractivity contribution >= 4 is 11.9 Å². The molecule has 1 heterocycles. The monoisotopic (exact) mass is 228 g/mol. The maximum absolute atomic E-state index is 11.1. The van der Waals surface area contributed by atoms with Crippen LogP contribution in [0.15, 0.2) is 0 Å². The van der Waals surface area contributed by atoms with Crippen molar-refractivity contribution in [3.05, 3.63) is 0 Å². The van der Waals surface area contributed by atoms with Gasteiger partial charge in [-0.3, -0.25) is 9.59 Å². The van der Waals surface area contributed by atoms with Crippen LogP contribution >= 0.6 is 0 Å². The van der Waals surface area contributed by atoms with E-state index in [-0.39, 0.29) is 12.5 Å².